The summed E-state index contributed by atoms with van der Waals surface area (Å²) in [6.07, 6.45) is 0. The van der Waals surface area contributed by atoms with Crippen LogP contribution in [-0.4, -0.2) is 26.5 Å². The summed E-state index contributed by atoms with van der Waals surface area (Å²) in [6, 6.07) is 8.90. The van der Waals surface area contributed by atoms with Gasteiger partial charge in [-0.05, 0) is 30.3 Å². The molecular weight excluding hydrogens is 314 g/mol. The quantitative estimate of drug-likeness (QED) is 0.423. The topological polar surface area (TPSA) is 117 Å². The molecule has 0 unspecified atom stereocenters. The maximum atomic E-state index is 11.0. The van der Waals surface area contributed by atoms with Crippen molar-refractivity contribution in [1.29, 1.82) is 5.41 Å². The minimum atomic E-state index is -0.932. The molecule has 0 fully saturated rings. The van der Waals surface area contributed by atoms with Crippen LogP contribution >= 0.6 is 11.3 Å². The molecule has 8 heteroatoms. The van der Waals surface area contributed by atoms with Gasteiger partial charge in [-0.2, -0.15) is 0 Å². The van der Waals surface area contributed by atoms with Gasteiger partial charge in [0.25, 0.3) is 0 Å². The van der Waals surface area contributed by atoms with E-state index in [1.54, 1.807) is 18.2 Å². The fraction of sp³-hybridized carbons (Fsp3) is 0.133. The molecule has 3 rings (SSSR count). The van der Waals surface area contributed by atoms with Gasteiger partial charge in [0.15, 0.2) is 0 Å². The van der Waals surface area contributed by atoms with E-state index in [9.17, 15) is 4.79 Å². The summed E-state index contributed by atoms with van der Waals surface area (Å²) in [6.45, 7) is 0.514. The van der Waals surface area contributed by atoms with Crippen LogP contribution in [0.3, 0.4) is 0 Å². The van der Waals surface area contributed by atoms with Gasteiger partial charge in [0.2, 0.25) is 0 Å². The van der Waals surface area contributed by atoms with Crippen molar-refractivity contribution >= 4 is 39.2 Å². The van der Waals surface area contributed by atoms with E-state index in [1.807, 2.05) is 23.7 Å². The van der Waals surface area contributed by atoms with Crippen LogP contribution in [0.25, 0.3) is 10.3 Å². The highest BCUT2D eigenvalue weighted by Gasteiger charge is 2.15. The Morgan fingerprint density at radius 1 is 1.43 bits per heavy atom. The number of nitrogens with two attached hydrogens (primary N) is 1. The van der Waals surface area contributed by atoms with Crippen molar-refractivity contribution in [3.05, 3.63) is 46.6 Å². The molecule has 2 heterocycles. The van der Waals surface area contributed by atoms with Gasteiger partial charge in [0.05, 0.1) is 12.1 Å². The van der Waals surface area contributed by atoms with E-state index in [2.05, 4.69) is 10.3 Å². The first-order valence-electron chi connectivity index (χ1n) is 6.82. The number of amidine groups is 1. The number of carboxylic acid groups (broad SMARTS) is 1. The maximum absolute atomic E-state index is 11.0. The molecular formula is C15H15N5O2S. The number of rotatable bonds is 5. The summed E-state index contributed by atoms with van der Waals surface area (Å²) in [5, 5.41) is 19.6. The Morgan fingerprint density at radius 2 is 2.13 bits per heavy atom. The van der Waals surface area contributed by atoms with Crippen molar-refractivity contribution in [3.63, 3.8) is 0 Å². The summed E-state index contributed by atoms with van der Waals surface area (Å²) >= 11 is 1.17. The first-order chi connectivity index (χ1) is 11.0. The van der Waals surface area contributed by atoms with Crippen LogP contribution in [-0.2, 0) is 13.6 Å². The van der Waals surface area contributed by atoms with Gasteiger partial charge in [0, 0.05) is 18.3 Å². The third-order valence-corrected chi connectivity index (χ3v) is 4.54. The number of fused-ring (bicyclic) bond motifs is 1. The zero-order chi connectivity index (χ0) is 16.6. The number of nitrogen functional groups attached to an aromatic ring is 1. The largest absolute Gasteiger partial charge is 0.477 e. The van der Waals surface area contributed by atoms with Crippen LogP contribution in [0.2, 0.25) is 0 Å². The number of aryl methyl sites for hydroxylation is 1. The highest BCUT2D eigenvalue weighted by atomic mass is 32.1. The minimum absolute atomic E-state index is 0.0372. The summed E-state index contributed by atoms with van der Waals surface area (Å²) in [7, 11) is 1.86. The molecule has 0 aliphatic carbocycles. The van der Waals surface area contributed by atoms with Crippen molar-refractivity contribution in [2.45, 2.75) is 6.54 Å². The predicted molar refractivity (Wildman–Crippen MR) is 90.3 cm³/mol. The van der Waals surface area contributed by atoms with Crippen LogP contribution in [0.4, 0.5) is 5.69 Å². The van der Waals surface area contributed by atoms with Crippen LogP contribution in [0, 0.1) is 5.41 Å². The average Bonchev–Trinajstić information content (AvgIpc) is 3.06. The van der Waals surface area contributed by atoms with Gasteiger partial charge in [-0.1, -0.05) is 0 Å². The van der Waals surface area contributed by atoms with Gasteiger partial charge in [-0.3, -0.25) is 5.41 Å². The van der Waals surface area contributed by atoms with E-state index in [0.29, 0.717) is 16.9 Å². The Morgan fingerprint density at radius 3 is 2.70 bits per heavy atom. The number of aromatic nitrogens is 2. The standard InChI is InChI=1S/C15H15N5O2S/c1-20-10-6-11(15(21)22)23-14(10)19-12(20)7-18-9-4-2-8(3-5-9)13(16)17/h2-6,18H,7H2,1H3,(H3,16,17)(H,21,22). The molecule has 0 amide bonds. The normalized spacial score (nSPS) is 10.8. The third kappa shape index (κ3) is 2.88. The van der Waals surface area contributed by atoms with Crippen molar-refractivity contribution < 1.29 is 9.90 Å². The Labute approximate surface area is 135 Å². The van der Waals surface area contributed by atoms with Crippen LogP contribution in [0.1, 0.15) is 21.1 Å². The molecule has 0 aliphatic rings. The zero-order valence-corrected chi connectivity index (χ0v) is 13.1. The molecule has 0 atom stereocenters. The van der Waals surface area contributed by atoms with Gasteiger partial charge in [0.1, 0.15) is 21.4 Å². The summed E-state index contributed by atoms with van der Waals surface area (Å²) in [5.74, 6) is -0.0767. The SMILES string of the molecule is Cn1c(CNc2ccc(C(=N)N)cc2)nc2sc(C(=O)O)cc21. The van der Waals surface area contributed by atoms with Crippen molar-refractivity contribution in [2.75, 3.05) is 5.32 Å². The van der Waals surface area contributed by atoms with E-state index < -0.39 is 5.97 Å². The number of nitrogens with one attached hydrogen (secondary N) is 2. The summed E-state index contributed by atoms with van der Waals surface area (Å²) in [4.78, 5) is 16.5. The van der Waals surface area contributed by atoms with Crippen molar-refractivity contribution in [2.24, 2.45) is 12.8 Å². The van der Waals surface area contributed by atoms with Crippen LogP contribution in [0.5, 0.6) is 0 Å². The fourth-order valence-electron chi connectivity index (χ4n) is 2.24. The number of carbonyl (C=O) groups is 1. The second kappa shape index (κ2) is 5.73. The lowest BCUT2D eigenvalue weighted by Crippen LogP contribution is -2.11. The Kier molecular flexibility index (Phi) is 3.75. The van der Waals surface area contributed by atoms with Crippen molar-refractivity contribution in [3.8, 4) is 0 Å². The first kappa shape index (κ1) is 15.0. The second-order valence-corrected chi connectivity index (χ2v) is 6.07. The number of nitrogens with zero attached hydrogens (tertiary/aromatic N) is 2. The lowest BCUT2D eigenvalue weighted by molar-refractivity contribution is 0.0702. The number of hydrogen-bond acceptors (Lipinski definition) is 5. The number of imidazole rings is 1. The monoisotopic (exact) mass is 329 g/mol. The molecule has 0 radical (unpaired) electrons. The highest BCUT2D eigenvalue weighted by Crippen LogP contribution is 2.26. The molecule has 0 saturated carbocycles. The van der Waals surface area contributed by atoms with Gasteiger partial charge >= 0.3 is 5.97 Å². The van der Waals surface area contributed by atoms with E-state index in [0.717, 1.165) is 17.0 Å². The number of aromatic carboxylic acids is 1. The zero-order valence-electron chi connectivity index (χ0n) is 12.3. The molecule has 3 aromatic rings. The molecule has 0 spiro atoms. The summed E-state index contributed by atoms with van der Waals surface area (Å²) in [5.41, 5.74) is 7.81. The van der Waals surface area contributed by atoms with Gasteiger partial charge in [-0.25, -0.2) is 9.78 Å². The van der Waals surface area contributed by atoms with E-state index in [1.165, 1.54) is 11.3 Å². The smallest absolute Gasteiger partial charge is 0.346 e. The van der Waals surface area contributed by atoms with E-state index >= 15 is 0 Å². The number of anilines is 1. The Balaban J connectivity index is 1.76. The third-order valence-electron chi connectivity index (χ3n) is 3.53. The molecule has 0 aliphatic heterocycles. The Hall–Kier alpha value is -2.87. The molecule has 5 N–H and O–H groups in total. The van der Waals surface area contributed by atoms with Crippen LogP contribution in [0.15, 0.2) is 30.3 Å². The van der Waals surface area contributed by atoms with Crippen molar-refractivity contribution in [1.82, 2.24) is 9.55 Å². The molecule has 0 bridgehead atoms. The lowest BCUT2D eigenvalue weighted by atomic mass is 10.2. The van der Waals surface area contributed by atoms with Crippen LogP contribution < -0.4 is 11.1 Å². The number of hydrogen-bond donors (Lipinski definition) is 4. The van der Waals surface area contributed by atoms with Gasteiger partial charge < -0.3 is 20.7 Å². The first-order valence-corrected chi connectivity index (χ1v) is 7.64. The Bertz CT molecular complexity index is 895. The molecule has 23 heavy (non-hydrogen) atoms. The molecule has 0 saturated heterocycles. The fourth-order valence-corrected chi connectivity index (χ4v) is 3.15. The number of benzene rings is 1. The van der Waals surface area contributed by atoms with Gasteiger partial charge in [-0.15, -0.1) is 11.3 Å². The second-order valence-electron chi connectivity index (χ2n) is 5.04. The van der Waals surface area contributed by atoms with E-state index in [-0.39, 0.29) is 10.7 Å². The number of carboxylic acids is 1. The predicted octanol–water partition coefficient (Wildman–Crippen LogP) is 2.23. The van der Waals surface area contributed by atoms with E-state index in [4.69, 9.17) is 16.2 Å². The maximum Gasteiger partial charge on any atom is 0.346 e. The molecule has 118 valence electrons. The number of thiophene rings is 1. The lowest BCUT2D eigenvalue weighted by Gasteiger charge is -2.07. The molecule has 1 aromatic carbocycles. The average molecular weight is 329 g/mol. The molecule has 7 nitrogen and oxygen atoms in total. The highest BCUT2D eigenvalue weighted by molar-refractivity contribution is 7.20. The minimum Gasteiger partial charge on any atom is -0.477 e. The summed E-state index contributed by atoms with van der Waals surface area (Å²) < 4.78 is 1.88. The molecule has 2 aromatic heterocycles.